The highest BCUT2D eigenvalue weighted by atomic mass is 32.2. The van der Waals surface area contributed by atoms with E-state index in [2.05, 4.69) is 38.0 Å². The summed E-state index contributed by atoms with van der Waals surface area (Å²) >= 11 is 0. The zero-order valence-corrected chi connectivity index (χ0v) is 19.7. The maximum Gasteiger partial charge on any atom is 0.240 e. The third kappa shape index (κ3) is 4.43. The van der Waals surface area contributed by atoms with Crippen molar-refractivity contribution in [1.82, 2.24) is 10.6 Å². The summed E-state index contributed by atoms with van der Waals surface area (Å²) in [4.78, 5) is 4.30. The Morgan fingerprint density at radius 1 is 1.00 bits per heavy atom. The first kappa shape index (κ1) is 22.5. The molecule has 1 atom stereocenters. The van der Waals surface area contributed by atoms with Crippen LogP contribution in [0.4, 0.5) is 0 Å². The molecule has 2 aromatic rings. The quantitative estimate of drug-likeness (QED) is 0.571. The molecule has 0 saturated carbocycles. The largest absolute Gasteiger partial charge is 0.317 e. The lowest BCUT2D eigenvalue weighted by atomic mass is 9.88. The minimum absolute atomic E-state index is 0.118. The predicted octanol–water partition coefficient (Wildman–Crippen LogP) is 1.72. The van der Waals surface area contributed by atoms with E-state index in [4.69, 9.17) is 5.14 Å². The van der Waals surface area contributed by atoms with Crippen LogP contribution < -0.4 is 15.8 Å². The molecule has 9 nitrogen and oxygen atoms in total. The number of piperidine rings is 1. The van der Waals surface area contributed by atoms with E-state index < -0.39 is 20.8 Å². The average Bonchev–Trinajstić information content (AvgIpc) is 3.32. The van der Waals surface area contributed by atoms with Crippen molar-refractivity contribution in [3.05, 3.63) is 47.5 Å². The molecule has 0 bridgehead atoms. The molecule has 3 aliphatic rings. The smallest absolute Gasteiger partial charge is 0.240 e. The molecule has 5 rings (SSSR count). The Labute approximate surface area is 195 Å². The van der Waals surface area contributed by atoms with Gasteiger partial charge in [0.2, 0.25) is 10.0 Å². The highest BCUT2D eigenvalue weighted by molar-refractivity contribution is 7.91. The highest BCUT2D eigenvalue weighted by Crippen LogP contribution is 2.36. The minimum atomic E-state index is -4.22. The number of sulfonamides is 1. The Kier molecular flexibility index (Phi) is 6.23. The molecule has 2 aromatic carbocycles. The van der Waals surface area contributed by atoms with Crippen LogP contribution in [0.3, 0.4) is 0 Å². The van der Waals surface area contributed by atoms with E-state index in [9.17, 15) is 12.6 Å². The van der Waals surface area contributed by atoms with E-state index in [1.807, 2.05) is 12.1 Å². The van der Waals surface area contributed by atoms with Crippen molar-refractivity contribution < 1.29 is 12.6 Å². The molecule has 2 saturated heterocycles. The fraction of sp³-hybridized carbons (Fsp3) is 0.409. The van der Waals surface area contributed by atoms with Gasteiger partial charge >= 0.3 is 0 Å². The maximum absolute atomic E-state index is 13.2. The van der Waals surface area contributed by atoms with Crippen LogP contribution >= 0.6 is 0 Å². The molecule has 174 valence electrons. The van der Waals surface area contributed by atoms with Gasteiger partial charge in [0.25, 0.3) is 0 Å². The monoisotopic (exact) mass is 486 g/mol. The van der Waals surface area contributed by atoms with Crippen LogP contribution in [0.1, 0.15) is 29.9 Å². The van der Waals surface area contributed by atoms with Crippen molar-refractivity contribution in [3.8, 4) is 11.1 Å². The lowest BCUT2D eigenvalue weighted by Gasteiger charge is -2.27. The van der Waals surface area contributed by atoms with Gasteiger partial charge in [-0.2, -0.15) is 5.11 Å². The van der Waals surface area contributed by atoms with E-state index in [0.717, 1.165) is 31.5 Å². The summed E-state index contributed by atoms with van der Waals surface area (Å²) in [6, 6.07) is 11.6. The van der Waals surface area contributed by atoms with Crippen LogP contribution in [0.15, 0.2) is 61.4 Å². The zero-order chi connectivity index (χ0) is 23.0. The Morgan fingerprint density at radius 3 is 2.30 bits per heavy atom. The van der Waals surface area contributed by atoms with Gasteiger partial charge in [0.1, 0.15) is 4.90 Å². The SMILES string of the molecule is NS(=O)(=O)c1c(S(=O)C2CNC2)ccc(-c2ccc(C3CCNCC3)cc2)c1C1=NCN=N1. The van der Waals surface area contributed by atoms with Crippen LogP contribution in [0, 0.1) is 0 Å². The van der Waals surface area contributed by atoms with Crippen LogP contribution in [0.25, 0.3) is 11.1 Å². The molecule has 2 fully saturated rings. The number of benzene rings is 2. The average molecular weight is 487 g/mol. The molecule has 0 amide bonds. The number of nitrogens with two attached hydrogens (primary N) is 1. The number of nitrogens with one attached hydrogen (secondary N) is 2. The van der Waals surface area contributed by atoms with Crippen molar-refractivity contribution in [2.24, 2.45) is 20.4 Å². The lowest BCUT2D eigenvalue weighted by molar-refractivity contribution is 0.460. The van der Waals surface area contributed by atoms with Gasteiger partial charge in [-0.15, -0.1) is 5.11 Å². The molecule has 3 heterocycles. The first-order chi connectivity index (χ1) is 15.9. The third-order valence-corrected chi connectivity index (χ3v) is 9.21. The van der Waals surface area contributed by atoms with Gasteiger partial charge in [-0.3, -0.25) is 4.21 Å². The Morgan fingerprint density at radius 2 is 1.73 bits per heavy atom. The second-order valence-electron chi connectivity index (χ2n) is 8.45. The summed E-state index contributed by atoms with van der Waals surface area (Å²) in [6.07, 6.45) is 2.18. The van der Waals surface area contributed by atoms with E-state index >= 15 is 0 Å². The molecule has 4 N–H and O–H groups in total. The molecule has 1 unspecified atom stereocenters. The van der Waals surface area contributed by atoms with Gasteiger partial charge in [-0.1, -0.05) is 30.3 Å². The van der Waals surface area contributed by atoms with Crippen molar-refractivity contribution >= 4 is 26.7 Å². The number of hydrogen-bond acceptors (Lipinski definition) is 8. The first-order valence-corrected chi connectivity index (χ1v) is 13.7. The Bertz CT molecular complexity index is 1250. The van der Waals surface area contributed by atoms with Gasteiger partial charge in [0, 0.05) is 18.7 Å². The van der Waals surface area contributed by atoms with Gasteiger partial charge in [-0.05, 0) is 54.6 Å². The molecule has 33 heavy (non-hydrogen) atoms. The van der Waals surface area contributed by atoms with Crippen LogP contribution in [0.2, 0.25) is 0 Å². The van der Waals surface area contributed by atoms with Crippen LogP contribution in [-0.2, 0) is 20.8 Å². The van der Waals surface area contributed by atoms with E-state index in [-0.39, 0.29) is 33.1 Å². The molecular formula is C22H26N6O3S2. The fourth-order valence-corrected chi connectivity index (χ4v) is 7.32. The number of nitrogens with zero attached hydrogens (tertiary/aromatic N) is 3. The first-order valence-electron chi connectivity index (χ1n) is 11.0. The van der Waals surface area contributed by atoms with Crippen LogP contribution in [-0.4, -0.2) is 56.6 Å². The van der Waals surface area contributed by atoms with Gasteiger partial charge in [0.15, 0.2) is 12.5 Å². The maximum atomic E-state index is 13.2. The third-order valence-electron chi connectivity index (χ3n) is 6.37. The number of amidine groups is 1. The summed E-state index contributed by atoms with van der Waals surface area (Å²) in [5.41, 5.74) is 2.98. The summed E-state index contributed by atoms with van der Waals surface area (Å²) in [6.45, 7) is 3.26. The standard InChI is InChI=1S/C22H26N6O3S2/c23-33(30,31)21-19(32(29)17-11-25-12-17)6-5-18(20(21)22-26-13-27-28-22)16-3-1-14(2-4-16)15-7-9-24-10-8-15/h1-6,15,17,24-25H,7-13H2,(H2,23,30,31). The van der Waals surface area contributed by atoms with Crippen molar-refractivity contribution in [2.45, 2.75) is 33.8 Å². The molecule has 0 aliphatic carbocycles. The Hall–Kier alpha value is -2.31. The number of azo groups is 1. The van der Waals surface area contributed by atoms with Crippen molar-refractivity contribution in [1.29, 1.82) is 0 Å². The summed E-state index contributed by atoms with van der Waals surface area (Å²) in [5.74, 6) is 0.704. The van der Waals surface area contributed by atoms with Gasteiger partial charge in [0.05, 0.1) is 20.9 Å². The molecule has 0 aromatic heterocycles. The Balaban J connectivity index is 1.64. The van der Waals surface area contributed by atoms with Crippen LogP contribution in [0.5, 0.6) is 0 Å². The normalized spacial score (nSPS) is 20.5. The zero-order valence-electron chi connectivity index (χ0n) is 18.0. The molecule has 3 aliphatic heterocycles. The second-order valence-corrected chi connectivity index (χ2v) is 11.6. The highest BCUT2D eigenvalue weighted by Gasteiger charge is 2.33. The number of primary sulfonamides is 1. The molecular weight excluding hydrogens is 460 g/mol. The van der Waals surface area contributed by atoms with Gasteiger partial charge < -0.3 is 10.6 Å². The second kappa shape index (κ2) is 9.15. The van der Waals surface area contributed by atoms with E-state index in [1.54, 1.807) is 12.1 Å². The summed E-state index contributed by atoms with van der Waals surface area (Å²) in [5, 5.41) is 19.9. The summed E-state index contributed by atoms with van der Waals surface area (Å²) < 4.78 is 38.8. The summed E-state index contributed by atoms with van der Waals surface area (Å²) in [7, 11) is -5.76. The number of hydrogen-bond donors (Lipinski definition) is 3. The predicted molar refractivity (Wildman–Crippen MR) is 127 cm³/mol. The fourth-order valence-electron chi connectivity index (χ4n) is 4.51. The number of aliphatic imine (C=N–C) groups is 1. The van der Waals surface area contributed by atoms with Crippen molar-refractivity contribution in [2.75, 3.05) is 32.8 Å². The van der Waals surface area contributed by atoms with Crippen molar-refractivity contribution in [3.63, 3.8) is 0 Å². The molecule has 0 spiro atoms. The topological polar surface area (TPSA) is 138 Å². The van der Waals surface area contributed by atoms with Gasteiger partial charge in [-0.25, -0.2) is 18.5 Å². The molecule has 11 heteroatoms. The number of rotatable bonds is 6. The minimum Gasteiger partial charge on any atom is -0.317 e. The van der Waals surface area contributed by atoms with E-state index in [0.29, 0.717) is 24.6 Å². The van der Waals surface area contributed by atoms with E-state index in [1.165, 1.54) is 5.56 Å². The molecule has 0 radical (unpaired) electrons. The lowest BCUT2D eigenvalue weighted by Crippen LogP contribution is -2.49.